The number of hydrogen-bond donors (Lipinski definition) is 1. The minimum atomic E-state index is 0. The van der Waals surface area contributed by atoms with Crippen LogP contribution < -0.4 is 10.2 Å². The first-order valence-electron chi connectivity index (χ1n) is 7.95. The standard InChI is InChI=1S/C19H22N2O.ClH/c22-19(17-11-13-20-15-17)21(18-9-5-2-6-10-18)14-12-16-7-3-1-4-8-16;/h1-10,17,20H,11-15H2;1H. The molecule has 0 aromatic heterocycles. The van der Waals surface area contributed by atoms with Gasteiger partial charge >= 0.3 is 0 Å². The lowest BCUT2D eigenvalue weighted by atomic mass is 10.1. The Hall–Kier alpha value is -1.84. The van der Waals surface area contributed by atoms with Gasteiger partial charge < -0.3 is 10.2 Å². The number of rotatable bonds is 5. The lowest BCUT2D eigenvalue weighted by Gasteiger charge is -2.25. The van der Waals surface area contributed by atoms with Crippen molar-refractivity contribution in [3.8, 4) is 0 Å². The highest BCUT2D eigenvalue weighted by Gasteiger charge is 2.27. The van der Waals surface area contributed by atoms with Crippen molar-refractivity contribution in [3.05, 3.63) is 66.2 Å². The third-order valence-corrected chi connectivity index (χ3v) is 4.21. The van der Waals surface area contributed by atoms with Crippen LogP contribution in [0.3, 0.4) is 0 Å². The van der Waals surface area contributed by atoms with Crippen molar-refractivity contribution in [2.45, 2.75) is 12.8 Å². The van der Waals surface area contributed by atoms with E-state index in [1.165, 1.54) is 5.56 Å². The quantitative estimate of drug-likeness (QED) is 0.912. The molecule has 1 saturated heterocycles. The van der Waals surface area contributed by atoms with Gasteiger partial charge in [-0.3, -0.25) is 4.79 Å². The zero-order chi connectivity index (χ0) is 15.2. The minimum absolute atomic E-state index is 0. The Balaban J connectivity index is 0.00000192. The summed E-state index contributed by atoms with van der Waals surface area (Å²) in [6.45, 7) is 2.47. The Morgan fingerprint density at radius 1 is 1.04 bits per heavy atom. The lowest BCUT2D eigenvalue weighted by Crippen LogP contribution is -2.38. The summed E-state index contributed by atoms with van der Waals surface area (Å²) >= 11 is 0. The first-order valence-corrected chi connectivity index (χ1v) is 7.95. The SMILES string of the molecule is Cl.O=C(C1CCNC1)N(CCc1ccccc1)c1ccccc1. The molecular formula is C19H23ClN2O. The van der Waals surface area contributed by atoms with Crippen molar-refractivity contribution < 1.29 is 4.79 Å². The van der Waals surface area contributed by atoms with Gasteiger partial charge in [0, 0.05) is 18.8 Å². The second-order valence-corrected chi connectivity index (χ2v) is 5.75. The number of hydrogen-bond acceptors (Lipinski definition) is 2. The largest absolute Gasteiger partial charge is 0.316 e. The molecule has 0 radical (unpaired) electrons. The van der Waals surface area contributed by atoms with E-state index in [1.54, 1.807) is 0 Å². The summed E-state index contributed by atoms with van der Waals surface area (Å²) in [5.74, 6) is 0.350. The molecule has 0 saturated carbocycles. The van der Waals surface area contributed by atoms with Crippen LogP contribution in [-0.4, -0.2) is 25.5 Å². The van der Waals surface area contributed by atoms with Gasteiger partial charge in [-0.15, -0.1) is 12.4 Å². The van der Waals surface area contributed by atoms with Crippen LogP contribution in [0.15, 0.2) is 60.7 Å². The molecular weight excluding hydrogens is 308 g/mol. The number of carbonyl (C=O) groups is 1. The van der Waals surface area contributed by atoms with E-state index < -0.39 is 0 Å². The second kappa shape index (κ2) is 8.70. The zero-order valence-electron chi connectivity index (χ0n) is 13.2. The molecule has 2 aromatic carbocycles. The number of nitrogens with zero attached hydrogens (tertiary/aromatic N) is 1. The summed E-state index contributed by atoms with van der Waals surface area (Å²) in [4.78, 5) is 14.8. The van der Waals surface area contributed by atoms with Gasteiger partial charge in [-0.2, -0.15) is 0 Å². The Bertz CT molecular complexity index is 597. The van der Waals surface area contributed by atoms with Crippen molar-refractivity contribution in [1.82, 2.24) is 5.32 Å². The third kappa shape index (κ3) is 4.57. The fourth-order valence-electron chi connectivity index (χ4n) is 2.95. The Morgan fingerprint density at radius 2 is 1.70 bits per heavy atom. The van der Waals surface area contributed by atoms with Crippen LogP contribution in [0, 0.1) is 5.92 Å². The molecule has 1 unspecified atom stereocenters. The van der Waals surface area contributed by atoms with E-state index in [2.05, 4.69) is 17.4 Å². The van der Waals surface area contributed by atoms with Gasteiger partial charge in [0.1, 0.15) is 0 Å². The third-order valence-electron chi connectivity index (χ3n) is 4.21. The Kier molecular flexibility index (Phi) is 6.63. The molecule has 0 spiro atoms. The van der Waals surface area contributed by atoms with Gasteiger partial charge in [0.15, 0.2) is 0 Å². The average molecular weight is 331 g/mol. The van der Waals surface area contributed by atoms with Crippen LogP contribution in [0.5, 0.6) is 0 Å². The monoisotopic (exact) mass is 330 g/mol. The smallest absolute Gasteiger partial charge is 0.231 e. The van der Waals surface area contributed by atoms with E-state index in [0.717, 1.165) is 38.2 Å². The summed E-state index contributed by atoms with van der Waals surface area (Å²) in [6, 6.07) is 20.4. The summed E-state index contributed by atoms with van der Waals surface area (Å²) in [5, 5.41) is 3.29. The normalized spacial score (nSPS) is 16.6. The fourth-order valence-corrected chi connectivity index (χ4v) is 2.95. The molecule has 4 heteroatoms. The molecule has 1 aliphatic rings. The average Bonchev–Trinajstić information content (AvgIpc) is 3.11. The molecule has 3 nitrogen and oxygen atoms in total. The second-order valence-electron chi connectivity index (χ2n) is 5.75. The molecule has 0 aliphatic carbocycles. The maximum absolute atomic E-state index is 12.9. The number of nitrogens with one attached hydrogen (secondary N) is 1. The number of para-hydroxylation sites is 1. The highest BCUT2D eigenvalue weighted by atomic mass is 35.5. The van der Waals surface area contributed by atoms with Gasteiger partial charge in [-0.1, -0.05) is 48.5 Å². The topological polar surface area (TPSA) is 32.3 Å². The van der Waals surface area contributed by atoms with Crippen LogP contribution in [-0.2, 0) is 11.2 Å². The highest BCUT2D eigenvalue weighted by Crippen LogP contribution is 2.20. The fraction of sp³-hybridized carbons (Fsp3) is 0.316. The van der Waals surface area contributed by atoms with Crippen LogP contribution in [0.4, 0.5) is 5.69 Å². The first-order chi connectivity index (χ1) is 10.8. The molecule has 1 aliphatic heterocycles. The van der Waals surface area contributed by atoms with Crippen molar-refractivity contribution in [3.63, 3.8) is 0 Å². The van der Waals surface area contributed by atoms with Crippen LogP contribution in [0.2, 0.25) is 0 Å². The van der Waals surface area contributed by atoms with Gasteiger partial charge in [0.25, 0.3) is 0 Å². The van der Waals surface area contributed by atoms with Crippen LogP contribution >= 0.6 is 12.4 Å². The van der Waals surface area contributed by atoms with E-state index in [4.69, 9.17) is 0 Å². The molecule has 23 heavy (non-hydrogen) atoms. The van der Waals surface area contributed by atoms with E-state index in [1.807, 2.05) is 53.4 Å². The van der Waals surface area contributed by atoms with Crippen molar-refractivity contribution in [1.29, 1.82) is 0 Å². The predicted octanol–water partition coefficient (Wildman–Crippen LogP) is 3.29. The number of carbonyl (C=O) groups excluding carboxylic acids is 1. The number of halogens is 1. The molecule has 2 aromatic rings. The van der Waals surface area contributed by atoms with E-state index in [0.29, 0.717) is 0 Å². The van der Waals surface area contributed by atoms with E-state index >= 15 is 0 Å². The first kappa shape index (κ1) is 17.5. The molecule has 122 valence electrons. The van der Waals surface area contributed by atoms with Crippen molar-refractivity contribution >= 4 is 24.0 Å². The van der Waals surface area contributed by atoms with Crippen molar-refractivity contribution in [2.24, 2.45) is 5.92 Å². The maximum Gasteiger partial charge on any atom is 0.231 e. The van der Waals surface area contributed by atoms with Crippen molar-refractivity contribution in [2.75, 3.05) is 24.5 Å². The molecule has 3 rings (SSSR count). The van der Waals surface area contributed by atoms with Gasteiger partial charge in [0.2, 0.25) is 5.91 Å². The minimum Gasteiger partial charge on any atom is -0.316 e. The molecule has 1 amide bonds. The van der Waals surface area contributed by atoms with E-state index in [9.17, 15) is 4.79 Å². The lowest BCUT2D eigenvalue weighted by molar-refractivity contribution is -0.121. The maximum atomic E-state index is 12.9. The Morgan fingerprint density at radius 3 is 2.30 bits per heavy atom. The number of anilines is 1. The van der Waals surface area contributed by atoms with Gasteiger partial charge in [0.05, 0.1) is 5.92 Å². The number of benzene rings is 2. The van der Waals surface area contributed by atoms with Gasteiger partial charge in [-0.05, 0) is 37.1 Å². The summed E-state index contributed by atoms with van der Waals surface area (Å²) < 4.78 is 0. The Labute approximate surface area is 144 Å². The molecule has 1 fully saturated rings. The van der Waals surface area contributed by atoms with Crippen LogP contribution in [0.25, 0.3) is 0 Å². The molecule has 1 N–H and O–H groups in total. The predicted molar refractivity (Wildman–Crippen MR) is 97.2 cm³/mol. The van der Waals surface area contributed by atoms with Gasteiger partial charge in [-0.25, -0.2) is 0 Å². The molecule has 1 heterocycles. The molecule has 0 bridgehead atoms. The summed E-state index contributed by atoms with van der Waals surface area (Å²) in [5.41, 5.74) is 2.26. The highest BCUT2D eigenvalue weighted by molar-refractivity contribution is 5.95. The zero-order valence-corrected chi connectivity index (χ0v) is 14.0. The summed E-state index contributed by atoms with van der Waals surface area (Å²) in [7, 11) is 0. The van der Waals surface area contributed by atoms with E-state index in [-0.39, 0.29) is 24.2 Å². The summed E-state index contributed by atoms with van der Waals surface area (Å²) in [6.07, 6.45) is 1.81. The number of amides is 1. The molecule has 1 atom stereocenters. The van der Waals surface area contributed by atoms with Crippen LogP contribution in [0.1, 0.15) is 12.0 Å².